The number of aromatic amines is 1. The van der Waals surface area contributed by atoms with E-state index in [2.05, 4.69) is 20.4 Å². The summed E-state index contributed by atoms with van der Waals surface area (Å²) in [6, 6.07) is 9.55. The third-order valence-electron chi connectivity index (χ3n) is 4.83. The Morgan fingerprint density at radius 3 is 2.48 bits per heavy atom. The van der Waals surface area contributed by atoms with Crippen LogP contribution in [-0.2, 0) is 6.18 Å². The first kappa shape index (κ1) is 18.9. The van der Waals surface area contributed by atoms with Crippen LogP contribution in [-0.4, -0.2) is 26.5 Å². The van der Waals surface area contributed by atoms with Crippen molar-refractivity contribution in [2.24, 2.45) is 0 Å². The molecule has 6 nitrogen and oxygen atoms in total. The van der Waals surface area contributed by atoms with Crippen LogP contribution in [0.4, 0.5) is 13.2 Å². The predicted molar refractivity (Wildman–Crippen MR) is 97.7 cm³/mol. The van der Waals surface area contributed by atoms with Gasteiger partial charge in [0, 0.05) is 17.3 Å². The lowest BCUT2D eigenvalue weighted by Gasteiger charge is -2.15. The van der Waals surface area contributed by atoms with Gasteiger partial charge < -0.3 is 4.74 Å². The molecular weight excluding hydrogens is 383 g/mol. The van der Waals surface area contributed by atoms with E-state index in [-0.39, 0.29) is 11.8 Å². The number of benzene rings is 1. The topological polar surface area (TPSA) is 87.5 Å². The minimum atomic E-state index is -4.50. The second kappa shape index (κ2) is 7.54. The molecular formula is C20H16F3N5O. The van der Waals surface area contributed by atoms with Crippen LogP contribution in [0.5, 0.6) is 5.75 Å². The molecule has 1 aliphatic rings. The van der Waals surface area contributed by atoms with E-state index in [1.54, 1.807) is 18.2 Å². The van der Waals surface area contributed by atoms with Crippen LogP contribution in [0.15, 0.2) is 36.5 Å². The SMILES string of the molecule is N#Cc1[nH]nnc1-c1cc(OC2CCCC2)cc(-c2ccc(C(F)(F)F)nc2)c1. The number of rotatable bonds is 4. The van der Waals surface area contributed by atoms with Gasteiger partial charge in [-0.2, -0.15) is 18.4 Å². The molecule has 2 aromatic heterocycles. The van der Waals surface area contributed by atoms with Crippen molar-refractivity contribution >= 4 is 0 Å². The van der Waals surface area contributed by atoms with Gasteiger partial charge in [-0.15, -0.1) is 5.10 Å². The number of nitrogens with one attached hydrogen (secondary N) is 1. The van der Waals surface area contributed by atoms with Gasteiger partial charge in [0.25, 0.3) is 0 Å². The summed E-state index contributed by atoms with van der Waals surface area (Å²) >= 11 is 0. The maximum Gasteiger partial charge on any atom is 0.433 e. The van der Waals surface area contributed by atoms with Crippen molar-refractivity contribution < 1.29 is 17.9 Å². The van der Waals surface area contributed by atoms with Crippen molar-refractivity contribution in [1.29, 1.82) is 5.26 Å². The van der Waals surface area contributed by atoms with E-state index in [9.17, 15) is 18.4 Å². The van der Waals surface area contributed by atoms with E-state index in [0.717, 1.165) is 31.7 Å². The fourth-order valence-corrected chi connectivity index (χ4v) is 3.41. The molecule has 0 saturated heterocycles. The Morgan fingerprint density at radius 2 is 1.83 bits per heavy atom. The van der Waals surface area contributed by atoms with Gasteiger partial charge in [-0.3, -0.25) is 4.98 Å². The zero-order chi connectivity index (χ0) is 20.4. The first-order valence-corrected chi connectivity index (χ1v) is 9.11. The third kappa shape index (κ3) is 4.06. The normalized spacial score (nSPS) is 14.7. The molecule has 29 heavy (non-hydrogen) atoms. The monoisotopic (exact) mass is 399 g/mol. The van der Waals surface area contributed by atoms with Gasteiger partial charge in [0.15, 0.2) is 5.69 Å². The van der Waals surface area contributed by atoms with Gasteiger partial charge >= 0.3 is 6.18 Å². The number of ether oxygens (including phenoxy) is 1. The summed E-state index contributed by atoms with van der Waals surface area (Å²) in [6.45, 7) is 0. The smallest absolute Gasteiger partial charge is 0.433 e. The van der Waals surface area contributed by atoms with Crippen molar-refractivity contribution in [3.05, 3.63) is 47.9 Å². The first-order valence-electron chi connectivity index (χ1n) is 9.11. The van der Waals surface area contributed by atoms with Crippen molar-refractivity contribution in [2.75, 3.05) is 0 Å². The van der Waals surface area contributed by atoms with Gasteiger partial charge in [0.05, 0.1) is 6.10 Å². The maximum absolute atomic E-state index is 12.8. The molecule has 148 valence electrons. The van der Waals surface area contributed by atoms with E-state index < -0.39 is 11.9 Å². The molecule has 1 fully saturated rings. The summed E-state index contributed by atoms with van der Waals surface area (Å²) < 4.78 is 44.5. The molecule has 0 bridgehead atoms. The van der Waals surface area contributed by atoms with Crippen molar-refractivity contribution in [3.8, 4) is 34.2 Å². The lowest BCUT2D eigenvalue weighted by atomic mass is 10.0. The Labute approximate surface area is 164 Å². The number of nitrogens with zero attached hydrogens (tertiary/aromatic N) is 4. The van der Waals surface area contributed by atoms with Crippen LogP contribution in [0.2, 0.25) is 0 Å². The fourth-order valence-electron chi connectivity index (χ4n) is 3.41. The van der Waals surface area contributed by atoms with Crippen molar-refractivity contribution in [3.63, 3.8) is 0 Å². The van der Waals surface area contributed by atoms with Crippen LogP contribution in [0.25, 0.3) is 22.4 Å². The Kier molecular flexibility index (Phi) is 4.92. The molecule has 3 aromatic rings. The van der Waals surface area contributed by atoms with Gasteiger partial charge in [-0.1, -0.05) is 11.3 Å². The molecule has 0 unspecified atom stereocenters. The van der Waals surface area contributed by atoms with Crippen molar-refractivity contribution in [1.82, 2.24) is 20.4 Å². The fraction of sp³-hybridized carbons (Fsp3) is 0.300. The maximum atomic E-state index is 12.8. The van der Waals surface area contributed by atoms with Gasteiger partial charge in [0.2, 0.25) is 0 Å². The van der Waals surface area contributed by atoms with Crippen LogP contribution in [0.3, 0.4) is 0 Å². The number of pyridine rings is 1. The van der Waals surface area contributed by atoms with Crippen LogP contribution in [0.1, 0.15) is 37.1 Å². The second-order valence-electron chi connectivity index (χ2n) is 6.85. The summed E-state index contributed by atoms with van der Waals surface area (Å²) in [5.74, 6) is 0.566. The minimum Gasteiger partial charge on any atom is -0.490 e. The zero-order valence-electron chi connectivity index (χ0n) is 15.2. The lowest BCUT2D eigenvalue weighted by Crippen LogP contribution is -2.11. The Morgan fingerprint density at radius 1 is 1.07 bits per heavy atom. The van der Waals surface area contributed by atoms with Crippen LogP contribution in [0, 0.1) is 11.3 Å². The second-order valence-corrected chi connectivity index (χ2v) is 6.85. The summed E-state index contributed by atoms with van der Waals surface area (Å²) in [6.07, 6.45) is 0.874. The third-order valence-corrected chi connectivity index (χ3v) is 4.83. The predicted octanol–water partition coefficient (Wildman–Crippen LogP) is 4.75. The molecule has 0 amide bonds. The Bertz CT molecular complexity index is 1050. The quantitative estimate of drug-likeness (QED) is 0.684. The highest BCUT2D eigenvalue weighted by molar-refractivity contribution is 5.75. The molecule has 1 aromatic carbocycles. The Hall–Kier alpha value is -3.41. The Balaban J connectivity index is 1.76. The summed E-state index contributed by atoms with van der Waals surface area (Å²) in [7, 11) is 0. The summed E-state index contributed by atoms with van der Waals surface area (Å²) in [5, 5.41) is 19.4. The average Bonchev–Trinajstić information content (AvgIpc) is 3.38. The van der Waals surface area contributed by atoms with Crippen LogP contribution >= 0.6 is 0 Å². The molecule has 0 spiro atoms. The molecule has 0 aliphatic heterocycles. The number of halogens is 3. The minimum absolute atomic E-state index is 0.0941. The van der Waals surface area contributed by atoms with E-state index in [1.165, 1.54) is 12.3 Å². The highest BCUT2D eigenvalue weighted by Crippen LogP contribution is 2.34. The molecule has 0 atom stereocenters. The van der Waals surface area contributed by atoms with Gasteiger partial charge in [-0.05, 0) is 55.5 Å². The molecule has 1 saturated carbocycles. The molecule has 0 radical (unpaired) electrons. The number of aromatic nitrogens is 4. The molecule has 4 rings (SSSR count). The van der Waals surface area contributed by atoms with Crippen LogP contribution < -0.4 is 4.74 Å². The highest BCUT2D eigenvalue weighted by Gasteiger charge is 2.32. The zero-order valence-corrected chi connectivity index (χ0v) is 15.2. The first-order chi connectivity index (χ1) is 13.9. The number of hydrogen-bond donors (Lipinski definition) is 1. The van der Waals surface area contributed by atoms with E-state index in [1.807, 2.05) is 6.07 Å². The lowest BCUT2D eigenvalue weighted by molar-refractivity contribution is -0.141. The molecule has 1 N–H and O–H groups in total. The molecule has 1 aliphatic carbocycles. The number of hydrogen-bond acceptors (Lipinski definition) is 5. The summed E-state index contributed by atoms with van der Waals surface area (Å²) in [4.78, 5) is 3.53. The standard InChI is InChI=1S/C20H16F3N5O/c21-20(22,23)18-6-5-12(11-25-18)13-7-14(19-17(10-24)26-28-27-19)9-16(8-13)29-15-3-1-2-4-15/h5-9,11,15H,1-4H2,(H,26,27,28). The van der Waals surface area contributed by atoms with Crippen molar-refractivity contribution in [2.45, 2.75) is 38.0 Å². The highest BCUT2D eigenvalue weighted by atomic mass is 19.4. The largest absolute Gasteiger partial charge is 0.490 e. The van der Waals surface area contributed by atoms with E-state index in [0.29, 0.717) is 28.1 Å². The van der Waals surface area contributed by atoms with E-state index in [4.69, 9.17) is 4.74 Å². The molecule has 9 heteroatoms. The number of nitriles is 1. The van der Waals surface area contributed by atoms with E-state index >= 15 is 0 Å². The number of H-pyrrole nitrogens is 1. The van der Waals surface area contributed by atoms with Gasteiger partial charge in [-0.25, -0.2) is 5.10 Å². The molecule has 2 heterocycles. The average molecular weight is 399 g/mol. The van der Waals surface area contributed by atoms with Gasteiger partial charge in [0.1, 0.15) is 23.2 Å². The summed E-state index contributed by atoms with van der Waals surface area (Å²) in [5.41, 5.74) is 1.29. The number of alkyl halides is 3.